The number of nitrogens with one attached hydrogen (secondary N) is 2. The van der Waals surface area contributed by atoms with Crippen molar-refractivity contribution in [1.29, 1.82) is 0 Å². The van der Waals surface area contributed by atoms with Gasteiger partial charge in [-0.2, -0.15) is 0 Å². The van der Waals surface area contributed by atoms with E-state index in [2.05, 4.69) is 10.6 Å². The van der Waals surface area contributed by atoms with Crippen molar-refractivity contribution >= 4 is 18.1 Å². The molecule has 0 atom stereocenters. The van der Waals surface area contributed by atoms with Crippen LogP contribution in [-0.2, 0) is 4.74 Å². The monoisotopic (exact) mass is 354 g/mol. The summed E-state index contributed by atoms with van der Waals surface area (Å²) in [4.78, 5) is 22.4. The van der Waals surface area contributed by atoms with Crippen LogP contribution >= 0.6 is 0 Å². The highest BCUT2D eigenvalue weighted by atomic mass is 16.6. The number of anilines is 1. The maximum Gasteiger partial charge on any atom is 0.407 e. The van der Waals surface area contributed by atoms with E-state index in [9.17, 15) is 9.59 Å². The van der Waals surface area contributed by atoms with Crippen molar-refractivity contribution in [3.63, 3.8) is 0 Å². The van der Waals surface area contributed by atoms with Crippen molar-refractivity contribution < 1.29 is 14.3 Å². The molecule has 26 heavy (non-hydrogen) atoms. The average Bonchev–Trinajstić information content (AvgIpc) is 2.58. The maximum absolute atomic E-state index is 11.6. The Morgan fingerprint density at radius 3 is 2.35 bits per heavy atom. The van der Waals surface area contributed by atoms with Gasteiger partial charge in [-0.25, -0.2) is 4.79 Å². The molecule has 0 aliphatic carbocycles. The number of aldehydes is 1. The van der Waals surface area contributed by atoms with Crippen LogP contribution in [0.5, 0.6) is 0 Å². The fourth-order valence-electron chi connectivity index (χ4n) is 2.54. The Morgan fingerprint density at radius 1 is 1.08 bits per heavy atom. The average molecular weight is 354 g/mol. The molecule has 0 radical (unpaired) electrons. The number of hydrogen-bond donors (Lipinski definition) is 2. The number of benzene rings is 2. The van der Waals surface area contributed by atoms with Gasteiger partial charge in [-0.05, 0) is 62.6 Å². The van der Waals surface area contributed by atoms with Crippen molar-refractivity contribution in [1.82, 2.24) is 5.32 Å². The highest BCUT2D eigenvalue weighted by Crippen LogP contribution is 2.25. The number of alkyl carbamates (subject to hydrolysis) is 1. The predicted octanol–water partition coefficient (Wildman–Crippen LogP) is 4.41. The topological polar surface area (TPSA) is 67.4 Å². The minimum atomic E-state index is -0.491. The zero-order valence-electron chi connectivity index (χ0n) is 15.8. The molecule has 5 nitrogen and oxygen atoms in total. The lowest BCUT2D eigenvalue weighted by molar-refractivity contribution is 0.0530. The summed E-state index contributed by atoms with van der Waals surface area (Å²) in [6, 6.07) is 13.7. The van der Waals surface area contributed by atoms with E-state index in [0.717, 1.165) is 28.7 Å². The summed E-state index contributed by atoms with van der Waals surface area (Å²) in [5.74, 6) is 0. The van der Waals surface area contributed by atoms with E-state index in [1.165, 1.54) is 0 Å². The van der Waals surface area contributed by atoms with E-state index in [1.807, 2.05) is 70.2 Å². The van der Waals surface area contributed by atoms with Crippen molar-refractivity contribution in [2.45, 2.75) is 33.3 Å². The third-order valence-electron chi connectivity index (χ3n) is 3.70. The number of aryl methyl sites for hydroxylation is 1. The number of ether oxygens (including phenoxy) is 1. The van der Waals surface area contributed by atoms with Gasteiger partial charge in [0.25, 0.3) is 0 Å². The number of amides is 1. The molecule has 2 aromatic rings. The van der Waals surface area contributed by atoms with Gasteiger partial charge in [-0.1, -0.05) is 24.3 Å². The maximum atomic E-state index is 11.6. The highest BCUT2D eigenvalue weighted by Gasteiger charge is 2.15. The molecule has 0 saturated heterocycles. The first-order valence-corrected chi connectivity index (χ1v) is 8.65. The summed E-state index contributed by atoms with van der Waals surface area (Å²) in [6.45, 7) is 8.58. The molecule has 1 amide bonds. The largest absolute Gasteiger partial charge is 0.444 e. The molecule has 0 heterocycles. The van der Waals surface area contributed by atoms with Crippen molar-refractivity contribution in [3.8, 4) is 11.1 Å². The molecule has 0 bridgehead atoms. The quantitative estimate of drug-likeness (QED) is 0.595. The standard InChI is InChI=1S/C21H26N2O3/c1-15-13-16(14-24)5-10-19(15)17-6-8-18(9-7-17)22-11-12-23-20(25)26-21(2,3)4/h5-10,13-14,22H,11-12H2,1-4H3,(H,23,25). The van der Waals surface area contributed by atoms with Crippen molar-refractivity contribution in [2.24, 2.45) is 0 Å². The molecule has 138 valence electrons. The van der Waals surface area contributed by atoms with E-state index < -0.39 is 11.7 Å². The first-order valence-electron chi connectivity index (χ1n) is 8.65. The lowest BCUT2D eigenvalue weighted by Crippen LogP contribution is -2.34. The smallest absolute Gasteiger partial charge is 0.407 e. The molecular weight excluding hydrogens is 328 g/mol. The Labute approximate surface area is 154 Å². The van der Waals surface area contributed by atoms with E-state index in [0.29, 0.717) is 18.7 Å². The molecular formula is C21H26N2O3. The second-order valence-corrected chi connectivity index (χ2v) is 7.13. The molecule has 0 fully saturated rings. The van der Waals surface area contributed by atoms with Crippen LogP contribution in [0.3, 0.4) is 0 Å². The Balaban J connectivity index is 1.86. The molecule has 2 aromatic carbocycles. The third-order valence-corrected chi connectivity index (χ3v) is 3.70. The number of hydrogen-bond acceptors (Lipinski definition) is 4. The molecule has 0 spiro atoms. The Bertz CT molecular complexity index is 762. The fourth-order valence-corrected chi connectivity index (χ4v) is 2.54. The van der Waals surface area contributed by atoms with Gasteiger partial charge in [0, 0.05) is 24.3 Å². The Kier molecular flexibility index (Phi) is 6.39. The molecule has 0 saturated carbocycles. The zero-order valence-corrected chi connectivity index (χ0v) is 15.8. The SMILES string of the molecule is Cc1cc(C=O)ccc1-c1ccc(NCCNC(=O)OC(C)(C)C)cc1. The van der Waals surface area contributed by atoms with Gasteiger partial charge in [-0.3, -0.25) is 4.79 Å². The van der Waals surface area contributed by atoms with Crippen LogP contribution in [0.1, 0.15) is 36.7 Å². The fraction of sp³-hybridized carbons (Fsp3) is 0.333. The van der Waals surface area contributed by atoms with Gasteiger partial charge in [0.1, 0.15) is 11.9 Å². The summed E-state index contributed by atoms with van der Waals surface area (Å²) in [7, 11) is 0. The predicted molar refractivity (Wildman–Crippen MR) is 105 cm³/mol. The van der Waals surface area contributed by atoms with E-state index in [1.54, 1.807) is 0 Å². The second kappa shape index (κ2) is 8.52. The number of carbonyl (C=O) groups excluding carboxylic acids is 2. The molecule has 0 aliphatic heterocycles. The summed E-state index contributed by atoms with van der Waals surface area (Å²) >= 11 is 0. The van der Waals surface area contributed by atoms with Crippen LogP contribution in [0, 0.1) is 6.92 Å². The van der Waals surface area contributed by atoms with Crippen LogP contribution < -0.4 is 10.6 Å². The van der Waals surface area contributed by atoms with Gasteiger partial charge in [0.15, 0.2) is 0 Å². The number of carbonyl (C=O) groups is 2. The highest BCUT2D eigenvalue weighted by molar-refractivity contribution is 5.79. The summed E-state index contributed by atoms with van der Waals surface area (Å²) in [6.07, 6.45) is 0.443. The summed E-state index contributed by atoms with van der Waals surface area (Å²) in [5, 5.41) is 5.97. The molecule has 0 aromatic heterocycles. The van der Waals surface area contributed by atoms with Crippen LogP contribution in [0.15, 0.2) is 42.5 Å². The second-order valence-electron chi connectivity index (χ2n) is 7.13. The van der Waals surface area contributed by atoms with Gasteiger partial charge >= 0.3 is 6.09 Å². The Morgan fingerprint density at radius 2 is 1.77 bits per heavy atom. The number of rotatable bonds is 6. The van der Waals surface area contributed by atoms with Gasteiger partial charge in [0.05, 0.1) is 0 Å². The van der Waals surface area contributed by atoms with Gasteiger partial charge in [0.2, 0.25) is 0 Å². The minimum Gasteiger partial charge on any atom is -0.444 e. The third kappa shape index (κ3) is 5.92. The van der Waals surface area contributed by atoms with E-state index in [-0.39, 0.29) is 0 Å². The molecule has 2 N–H and O–H groups in total. The van der Waals surface area contributed by atoms with Crippen LogP contribution in [0.2, 0.25) is 0 Å². The van der Waals surface area contributed by atoms with Crippen molar-refractivity contribution in [3.05, 3.63) is 53.6 Å². The normalized spacial score (nSPS) is 10.9. The first kappa shape index (κ1) is 19.5. The molecule has 0 unspecified atom stereocenters. The summed E-state index contributed by atoms with van der Waals surface area (Å²) in [5.41, 5.74) is 4.43. The van der Waals surface area contributed by atoms with Crippen LogP contribution in [0.25, 0.3) is 11.1 Å². The first-order chi connectivity index (χ1) is 12.3. The van der Waals surface area contributed by atoms with Gasteiger partial charge < -0.3 is 15.4 Å². The lowest BCUT2D eigenvalue weighted by atomic mass is 9.98. The van der Waals surface area contributed by atoms with Crippen LogP contribution in [-0.4, -0.2) is 31.1 Å². The summed E-state index contributed by atoms with van der Waals surface area (Å²) < 4.78 is 5.18. The van der Waals surface area contributed by atoms with Crippen LogP contribution in [0.4, 0.5) is 10.5 Å². The van der Waals surface area contributed by atoms with E-state index in [4.69, 9.17) is 4.74 Å². The van der Waals surface area contributed by atoms with Gasteiger partial charge in [-0.15, -0.1) is 0 Å². The van der Waals surface area contributed by atoms with Crippen molar-refractivity contribution in [2.75, 3.05) is 18.4 Å². The molecule has 0 aliphatic rings. The molecule has 5 heteroatoms. The lowest BCUT2D eigenvalue weighted by Gasteiger charge is -2.19. The minimum absolute atomic E-state index is 0.413. The van der Waals surface area contributed by atoms with E-state index >= 15 is 0 Å². The molecule has 2 rings (SSSR count). The Hall–Kier alpha value is -2.82. The zero-order chi connectivity index (χ0) is 19.2.